The molecule has 8 heteroatoms. The highest BCUT2D eigenvalue weighted by molar-refractivity contribution is 7.86. The number of fused-ring (bicyclic) bond motifs is 1. The van der Waals surface area contributed by atoms with E-state index >= 15 is 0 Å². The minimum absolute atomic E-state index is 0.0851. The molecule has 0 aromatic heterocycles. The van der Waals surface area contributed by atoms with E-state index in [1.54, 1.807) is 54.3 Å². The third-order valence-electron chi connectivity index (χ3n) is 5.15. The fourth-order valence-corrected chi connectivity index (χ4v) is 4.67. The first-order valence-corrected chi connectivity index (χ1v) is 11.7. The highest BCUT2D eigenvalue weighted by Crippen LogP contribution is 2.31. The molecule has 7 nitrogen and oxygen atoms in total. The maximum Gasteiger partial charge on any atom is 0.338 e. The van der Waals surface area contributed by atoms with Gasteiger partial charge in [0.15, 0.2) is 0 Å². The Balaban J connectivity index is 1.57. The van der Waals surface area contributed by atoms with Crippen LogP contribution >= 0.6 is 0 Å². The summed E-state index contributed by atoms with van der Waals surface area (Å²) in [6.07, 6.45) is 0. The van der Waals surface area contributed by atoms with Crippen molar-refractivity contribution in [2.24, 2.45) is 0 Å². The van der Waals surface area contributed by atoms with Crippen LogP contribution in [0.25, 0.3) is 0 Å². The summed E-state index contributed by atoms with van der Waals surface area (Å²) in [7, 11) is -1.46. The Hall–Kier alpha value is -3.78. The molecule has 0 saturated heterocycles. The number of hydrogen-bond acceptors (Lipinski definition) is 5. The van der Waals surface area contributed by atoms with Crippen LogP contribution in [0.4, 0.5) is 11.4 Å². The van der Waals surface area contributed by atoms with E-state index in [1.807, 2.05) is 30.3 Å². The Morgan fingerprint density at radius 2 is 1.70 bits per heavy atom. The fourth-order valence-electron chi connectivity index (χ4n) is 3.51. The number of nitrogens with zero attached hydrogens (tertiary/aromatic N) is 1. The van der Waals surface area contributed by atoms with E-state index in [1.165, 1.54) is 0 Å². The van der Waals surface area contributed by atoms with Gasteiger partial charge in [0, 0.05) is 11.3 Å². The lowest BCUT2D eigenvalue weighted by Crippen LogP contribution is -2.38. The molecule has 4 rings (SSSR count). The summed E-state index contributed by atoms with van der Waals surface area (Å²) >= 11 is 0. The summed E-state index contributed by atoms with van der Waals surface area (Å²) < 4.78 is 17.5. The molecule has 0 fully saturated rings. The molecule has 0 unspecified atom stereocenters. The van der Waals surface area contributed by atoms with Gasteiger partial charge >= 0.3 is 5.97 Å². The minimum atomic E-state index is -1.46. The lowest BCUT2D eigenvalue weighted by molar-refractivity contribution is -0.116. The zero-order valence-corrected chi connectivity index (χ0v) is 18.8. The van der Waals surface area contributed by atoms with Crippen LogP contribution in [-0.4, -0.2) is 34.4 Å². The van der Waals surface area contributed by atoms with Gasteiger partial charge in [-0.1, -0.05) is 30.3 Å². The molecule has 168 valence electrons. The molecule has 1 heterocycles. The van der Waals surface area contributed by atoms with E-state index in [0.717, 1.165) is 5.56 Å². The third-order valence-corrected chi connectivity index (χ3v) is 6.50. The van der Waals surface area contributed by atoms with Gasteiger partial charge in [-0.2, -0.15) is 0 Å². The molecule has 33 heavy (non-hydrogen) atoms. The molecule has 0 spiro atoms. The van der Waals surface area contributed by atoms with Crippen LogP contribution in [-0.2, 0) is 26.9 Å². The van der Waals surface area contributed by atoms with Crippen LogP contribution in [0.5, 0.6) is 0 Å². The number of hydrogen-bond donors (Lipinski definition) is 1. The molecular weight excluding hydrogens is 440 g/mol. The number of rotatable bonds is 6. The Bertz CT molecular complexity index is 1230. The molecule has 0 saturated carbocycles. The second-order valence-corrected chi connectivity index (χ2v) is 8.81. The quantitative estimate of drug-likeness (QED) is 0.563. The van der Waals surface area contributed by atoms with Crippen LogP contribution in [0.3, 0.4) is 0 Å². The number of amides is 2. The van der Waals surface area contributed by atoms with Crippen LogP contribution in [0.1, 0.15) is 33.2 Å². The van der Waals surface area contributed by atoms with Crippen molar-refractivity contribution in [3.63, 3.8) is 0 Å². The lowest BCUT2D eigenvalue weighted by Gasteiger charge is -2.29. The molecular formula is C25H22N2O5S. The van der Waals surface area contributed by atoms with Crippen molar-refractivity contribution in [3.05, 3.63) is 89.5 Å². The van der Waals surface area contributed by atoms with Crippen LogP contribution in [0, 0.1) is 0 Å². The number of carbonyl (C=O) groups is 3. The topological polar surface area (TPSA) is 92.8 Å². The first-order valence-electron chi connectivity index (χ1n) is 10.4. The van der Waals surface area contributed by atoms with E-state index in [2.05, 4.69) is 5.32 Å². The van der Waals surface area contributed by atoms with E-state index in [4.69, 9.17) is 4.74 Å². The molecule has 1 N–H and O–H groups in total. The van der Waals surface area contributed by atoms with Crippen LogP contribution in [0.2, 0.25) is 0 Å². The minimum Gasteiger partial charge on any atom is -0.462 e. The van der Waals surface area contributed by atoms with E-state index in [0.29, 0.717) is 33.9 Å². The Morgan fingerprint density at radius 3 is 2.39 bits per heavy atom. The number of ether oxygens (including phenoxy) is 1. The Labute approximate surface area is 193 Å². The van der Waals surface area contributed by atoms with Crippen molar-refractivity contribution < 1.29 is 23.3 Å². The first-order chi connectivity index (χ1) is 16.0. The van der Waals surface area contributed by atoms with Crippen LogP contribution in [0.15, 0.2) is 77.7 Å². The summed E-state index contributed by atoms with van der Waals surface area (Å²) in [6, 6.07) is 20.7. The molecule has 0 aliphatic carbocycles. The van der Waals surface area contributed by atoms with E-state index < -0.39 is 16.8 Å². The standard InChI is InChI=1S/C25H22N2O5S/c1-2-32-25(30)18-8-11-20(12-9-18)26-24(29)19-10-13-22-21(14-19)27(23(28)16-33(22)31)15-17-6-4-3-5-7-17/h3-14H,2,15-16H2,1H3,(H,26,29)/t33-/m0/s1. The SMILES string of the molecule is CCOC(=O)c1ccc(NC(=O)c2ccc3c(c2)N(Cc2ccccc2)C(=O)C[S@@]3=O)cc1. The average molecular weight is 463 g/mol. The van der Waals surface area contributed by atoms with Gasteiger partial charge in [0.05, 0.1) is 40.1 Å². The average Bonchev–Trinajstić information content (AvgIpc) is 2.82. The summed E-state index contributed by atoms with van der Waals surface area (Å²) in [6.45, 7) is 2.34. The van der Waals surface area contributed by atoms with Gasteiger partial charge in [0.2, 0.25) is 5.91 Å². The Kier molecular flexibility index (Phi) is 6.65. The van der Waals surface area contributed by atoms with Crippen molar-refractivity contribution in [2.45, 2.75) is 18.4 Å². The van der Waals surface area contributed by atoms with Crippen molar-refractivity contribution >= 4 is 40.0 Å². The molecule has 0 bridgehead atoms. The Morgan fingerprint density at radius 1 is 1.00 bits per heavy atom. The highest BCUT2D eigenvalue weighted by Gasteiger charge is 2.30. The normalized spacial score (nSPS) is 15.0. The van der Waals surface area contributed by atoms with Crippen molar-refractivity contribution in [3.8, 4) is 0 Å². The van der Waals surface area contributed by atoms with Gasteiger partial charge in [-0.05, 0) is 55.0 Å². The molecule has 3 aromatic rings. The zero-order chi connectivity index (χ0) is 23.4. The van der Waals surface area contributed by atoms with Gasteiger partial charge in [-0.3, -0.25) is 13.8 Å². The largest absolute Gasteiger partial charge is 0.462 e. The predicted molar refractivity (Wildman–Crippen MR) is 126 cm³/mol. The smallest absolute Gasteiger partial charge is 0.338 e. The zero-order valence-electron chi connectivity index (χ0n) is 17.9. The van der Waals surface area contributed by atoms with Gasteiger partial charge in [0.1, 0.15) is 5.75 Å². The monoisotopic (exact) mass is 462 g/mol. The van der Waals surface area contributed by atoms with E-state index in [-0.39, 0.29) is 24.2 Å². The van der Waals surface area contributed by atoms with Gasteiger partial charge < -0.3 is 15.0 Å². The van der Waals surface area contributed by atoms with Gasteiger partial charge in [-0.25, -0.2) is 4.79 Å². The van der Waals surface area contributed by atoms with Crippen LogP contribution < -0.4 is 10.2 Å². The van der Waals surface area contributed by atoms with Crippen molar-refractivity contribution in [1.82, 2.24) is 0 Å². The first kappa shape index (κ1) is 22.4. The van der Waals surface area contributed by atoms with E-state index in [9.17, 15) is 18.6 Å². The second kappa shape index (κ2) is 9.79. The van der Waals surface area contributed by atoms with Crippen molar-refractivity contribution in [2.75, 3.05) is 22.6 Å². The number of anilines is 2. The molecule has 2 amide bonds. The summed E-state index contributed by atoms with van der Waals surface area (Å²) in [5, 5.41) is 2.78. The highest BCUT2D eigenvalue weighted by atomic mass is 32.2. The molecule has 1 aliphatic heterocycles. The maximum absolute atomic E-state index is 12.9. The summed E-state index contributed by atoms with van der Waals surface area (Å²) in [5.41, 5.74) is 2.63. The maximum atomic E-state index is 12.9. The third kappa shape index (κ3) is 5.01. The predicted octanol–water partition coefficient (Wildman–Crippen LogP) is 3.77. The summed E-state index contributed by atoms with van der Waals surface area (Å²) in [4.78, 5) is 39.4. The van der Waals surface area contributed by atoms with Gasteiger partial charge in [-0.15, -0.1) is 0 Å². The van der Waals surface area contributed by atoms with Gasteiger partial charge in [0.25, 0.3) is 5.91 Å². The number of nitrogens with one attached hydrogen (secondary N) is 1. The number of benzene rings is 3. The summed E-state index contributed by atoms with van der Waals surface area (Å²) in [5.74, 6) is -1.15. The second-order valence-electron chi connectivity index (χ2n) is 7.39. The molecule has 0 radical (unpaired) electrons. The number of carbonyl (C=O) groups excluding carboxylic acids is 3. The number of esters is 1. The van der Waals surface area contributed by atoms with Crippen molar-refractivity contribution in [1.29, 1.82) is 0 Å². The lowest BCUT2D eigenvalue weighted by atomic mass is 10.1. The molecule has 1 aliphatic rings. The molecule has 1 atom stereocenters. The fraction of sp³-hybridized carbons (Fsp3) is 0.160. The molecule has 3 aromatic carbocycles.